The highest BCUT2D eigenvalue weighted by molar-refractivity contribution is 5.94. The Hall–Kier alpha value is -2.35. The Morgan fingerprint density at radius 1 is 1.62 bits per heavy atom. The van der Waals surface area contributed by atoms with Crippen molar-refractivity contribution in [1.29, 1.82) is 5.26 Å². The maximum absolute atomic E-state index is 11.4. The molecule has 2 heterocycles. The molecule has 0 saturated heterocycles. The number of aromatic amines is 1. The molecule has 2 aromatic rings. The summed E-state index contributed by atoms with van der Waals surface area (Å²) in [5, 5.41) is 9.46. The van der Waals surface area contributed by atoms with Crippen LogP contribution in [0.2, 0.25) is 0 Å². The fourth-order valence-corrected chi connectivity index (χ4v) is 1.41. The zero-order valence-corrected chi connectivity index (χ0v) is 8.65. The van der Waals surface area contributed by atoms with Crippen LogP contribution in [0.4, 0.5) is 0 Å². The van der Waals surface area contributed by atoms with Crippen LogP contribution in [0, 0.1) is 11.3 Å². The Balaban J connectivity index is 2.44. The number of nitriles is 1. The van der Waals surface area contributed by atoms with E-state index in [1.54, 1.807) is 19.1 Å². The van der Waals surface area contributed by atoms with E-state index in [2.05, 4.69) is 9.97 Å². The minimum absolute atomic E-state index is 0.321. The van der Waals surface area contributed by atoms with Gasteiger partial charge in [0.2, 0.25) is 0 Å². The van der Waals surface area contributed by atoms with E-state index in [1.165, 1.54) is 6.20 Å². The molecule has 0 saturated carbocycles. The smallest absolute Gasteiger partial charge is 0.354 e. The third-order valence-corrected chi connectivity index (χ3v) is 2.12. The predicted octanol–water partition coefficient (Wildman–Crippen LogP) is 1.61. The second-order valence-corrected chi connectivity index (χ2v) is 3.17. The summed E-state index contributed by atoms with van der Waals surface area (Å²) in [6.07, 6.45) is 1.52. The van der Waals surface area contributed by atoms with Gasteiger partial charge in [-0.1, -0.05) is 0 Å². The van der Waals surface area contributed by atoms with Crippen molar-refractivity contribution in [3.8, 4) is 6.07 Å². The number of ether oxygens (including phenoxy) is 1. The van der Waals surface area contributed by atoms with Gasteiger partial charge in [-0.05, 0) is 19.1 Å². The van der Waals surface area contributed by atoms with Gasteiger partial charge in [0.1, 0.15) is 17.5 Å². The van der Waals surface area contributed by atoms with E-state index in [4.69, 9.17) is 10.00 Å². The molecule has 0 unspecified atom stereocenters. The maximum Gasteiger partial charge on any atom is 0.354 e. The van der Waals surface area contributed by atoms with Crippen molar-refractivity contribution < 1.29 is 9.53 Å². The normalized spacial score (nSPS) is 10.0. The third kappa shape index (κ3) is 1.73. The van der Waals surface area contributed by atoms with Crippen molar-refractivity contribution in [1.82, 2.24) is 9.97 Å². The van der Waals surface area contributed by atoms with Gasteiger partial charge >= 0.3 is 5.97 Å². The van der Waals surface area contributed by atoms with Crippen LogP contribution in [-0.4, -0.2) is 22.5 Å². The highest BCUT2D eigenvalue weighted by atomic mass is 16.5. The summed E-state index contributed by atoms with van der Waals surface area (Å²) in [5.74, 6) is -0.405. The van der Waals surface area contributed by atoms with E-state index in [0.29, 0.717) is 23.5 Å². The predicted molar refractivity (Wildman–Crippen MR) is 56.8 cm³/mol. The summed E-state index contributed by atoms with van der Waals surface area (Å²) < 4.78 is 4.86. The minimum atomic E-state index is -0.405. The summed E-state index contributed by atoms with van der Waals surface area (Å²) in [6.45, 7) is 2.08. The van der Waals surface area contributed by atoms with Gasteiger partial charge in [0, 0.05) is 5.39 Å². The highest BCUT2D eigenvalue weighted by Crippen LogP contribution is 2.15. The molecule has 0 atom stereocenters. The van der Waals surface area contributed by atoms with Crippen LogP contribution in [0.3, 0.4) is 0 Å². The molecule has 0 amide bonds. The molecule has 0 aromatic carbocycles. The number of fused-ring (bicyclic) bond motifs is 1. The van der Waals surface area contributed by atoms with Gasteiger partial charge in [-0.25, -0.2) is 9.78 Å². The van der Waals surface area contributed by atoms with Crippen molar-refractivity contribution in [3.63, 3.8) is 0 Å². The van der Waals surface area contributed by atoms with E-state index < -0.39 is 5.97 Å². The van der Waals surface area contributed by atoms with Crippen LogP contribution in [0.25, 0.3) is 10.9 Å². The van der Waals surface area contributed by atoms with Gasteiger partial charge in [0.05, 0.1) is 18.3 Å². The molecule has 2 rings (SSSR count). The van der Waals surface area contributed by atoms with Crippen LogP contribution in [0.5, 0.6) is 0 Å². The zero-order valence-electron chi connectivity index (χ0n) is 8.65. The first-order valence-electron chi connectivity index (χ1n) is 4.80. The number of rotatable bonds is 2. The van der Waals surface area contributed by atoms with E-state index in [9.17, 15) is 4.79 Å². The van der Waals surface area contributed by atoms with E-state index in [0.717, 1.165) is 5.39 Å². The van der Waals surface area contributed by atoms with Gasteiger partial charge in [-0.3, -0.25) is 0 Å². The first-order chi connectivity index (χ1) is 7.74. The van der Waals surface area contributed by atoms with Gasteiger partial charge in [-0.15, -0.1) is 0 Å². The van der Waals surface area contributed by atoms with Crippen LogP contribution >= 0.6 is 0 Å². The van der Waals surface area contributed by atoms with Crippen molar-refractivity contribution in [2.24, 2.45) is 0 Å². The topological polar surface area (TPSA) is 78.8 Å². The third-order valence-electron chi connectivity index (χ3n) is 2.12. The molecule has 5 heteroatoms. The molecule has 0 aliphatic rings. The lowest BCUT2D eigenvalue weighted by Gasteiger charge is -1.96. The lowest BCUT2D eigenvalue weighted by atomic mass is 10.2. The summed E-state index contributed by atoms with van der Waals surface area (Å²) in [5.41, 5.74) is 1.40. The lowest BCUT2D eigenvalue weighted by molar-refractivity contribution is 0.0520. The molecular weight excluding hydrogens is 206 g/mol. The fourth-order valence-electron chi connectivity index (χ4n) is 1.41. The number of nitrogens with one attached hydrogen (secondary N) is 1. The molecule has 5 nitrogen and oxygen atoms in total. The molecule has 80 valence electrons. The van der Waals surface area contributed by atoms with Gasteiger partial charge in [0.15, 0.2) is 0 Å². The fraction of sp³-hybridized carbons (Fsp3) is 0.182. The van der Waals surface area contributed by atoms with Crippen LogP contribution in [0.1, 0.15) is 23.1 Å². The number of carbonyl (C=O) groups excluding carboxylic acids is 1. The quantitative estimate of drug-likeness (QED) is 0.772. The van der Waals surface area contributed by atoms with Gasteiger partial charge in [0.25, 0.3) is 0 Å². The maximum atomic E-state index is 11.4. The summed E-state index contributed by atoms with van der Waals surface area (Å²) in [7, 11) is 0. The second kappa shape index (κ2) is 4.03. The first kappa shape index (κ1) is 10.2. The number of nitrogens with zero attached hydrogens (tertiary/aromatic N) is 2. The summed E-state index contributed by atoms with van der Waals surface area (Å²) in [6, 6.07) is 5.21. The molecule has 0 radical (unpaired) electrons. The van der Waals surface area contributed by atoms with Crippen molar-refractivity contribution in [2.75, 3.05) is 6.61 Å². The Morgan fingerprint density at radius 2 is 2.44 bits per heavy atom. The minimum Gasteiger partial charge on any atom is -0.461 e. The van der Waals surface area contributed by atoms with Crippen LogP contribution in [0.15, 0.2) is 18.3 Å². The molecule has 0 spiro atoms. The Labute approximate surface area is 91.7 Å². The number of aromatic nitrogens is 2. The molecule has 2 aromatic heterocycles. The monoisotopic (exact) mass is 215 g/mol. The first-order valence-corrected chi connectivity index (χ1v) is 4.80. The SMILES string of the molecule is CCOC(=O)c1cc2cc(C#N)ncc2[nH]1. The Kier molecular flexibility index (Phi) is 2.56. The van der Waals surface area contributed by atoms with E-state index >= 15 is 0 Å². The number of esters is 1. The molecule has 0 fully saturated rings. The lowest BCUT2D eigenvalue weighted by Crippen LogP contribution is -2.04. The number of hydrogen-bond donors (Lipinski definition) is 1. The Bertz CT molecular complexity index is 580. The van der Waals surface area contributed by atoms with E-state index in [1.807, 2.05) is 6.07 Å². The van der Waals surface area contributed by atoms with Gasteiger partial charge < -0.3 is 9.72 Å². The molecule has 0 aliphatic heterocycles. The molecule has 0 aliphatic carbocycles. The molecule has 1 N–H and O–H groups in total. The average molecular weight is 215 g/mol. The number of pyridine rings is 1. The van der Waals surface area contributed by atoms with Crippen molar-refractivity contribution >= 4 is 16.9 Å². The Morgan fingerprint density at radius 3 is 3.12 bits per heavy atom. The number of carbonyl (C=O) groups is 1. The summed E-state index contributed by atoms with van der Waals surface area (Å²) >= 11 is 0. The van der Waals surface area contributed by atoms with Crippen LogP contribution in [-0.2, 0) is 4.74 Å². The van der Waals surface area contributed by atoms with E-state index in [-0.39, 0.29) is 0 Å². The van der Waals surface area contributed by atoms with Gasteiger partial charge in [-0.2, -0.15) is 5.26 Å². The molecule has 16 heavy (non-hydrogen) atoms. The zero-order chi connectivity index (χ0) is 11.5. The van der Waals surface area contributed by atoms with Crippen LogP contribution < -0.4 is 0 Å². The van der Waals surface area contributed by atoms with Crippen molar-refractivity contribution in [3.05, 3.63) is 29.7 Å². The largest absolute Gasteiger partial charge is 0.461 e. The van der Waals surface area contributed by atoms with Crippen molar-refractivity contribution in [2.45, 2.75) is 6.92 Å². The molecule has 0 bridgehead atoms. The standard InChI is InChI=1S/C11H9N3O2/c1-2-16-11(15)9-4-7-3-8(5-12)13-6-10(7)14-9/h3-4,6,14H,2H2,1H3. The number of H-pyrrole nitrogens is 1. The molecular formula is C11H9N3O2. The summed E-state index contributed by atoms with van der Waals surface area (Å²) in [4.78, 5) is 18.2. The average Bonchev–Trinajstić information content (AvgIpc) is 2.71. The number of hydrogen-bond acceptors (Lipinski definition) is 4. The highest BCUT2D eigenvalue weighted by Gasteiger charge is 2.10. The second-order valence-electron chi connectivity index (χ2n) is 3.17.